The minimum absolute atomic E-state index is 0.0778. The molecule has 2 rings (SSSR count). The molecule has 0 radical (unpaired) electrons. The molecule has 2 aromatic rings. The average molecular weight is 356 g/mol. The quantitative estimate of drug-likeness (QED) is 0.399. The highest BCUT2D eigenvalue weighted by molar-refractivity contribution is 5.96. The number of amides is 2. The van der Waals surface area contributed by atoms with Crippen molar-refractivity contribution < 1.29 is 24.2 Å². The van der Waals surface area contributed by atoms with Crippen molar-refractivity contribution in [3.63, 3.8) is 0 Å². The van der Waals surface area contributed by atoms with Gasteiger partial charge in [0.25, 0.3) is 11.8 Å². The number of rotatable bonds is 7. The molecule has 7 nitrogen and oxygen atoms in total. The number of aromatic hydroxyl groups is 1. The van der Waals surface area contributed by atoms with Gasteiger partial charge in [0, 0.05) is 25.6 Å². The summed E-state index contributed by atoms with van der Waals surface area (Å²) >= 11 is 0. The lowest BCUT2D eigenvalue weighted by Crippen LogP contribution is -2.29. The van der Waals surface area contributed by atoms with Crippen molar-refractivity contribution in [2.24, 2.45) is 0 Å². The molecule has 26 heavy (non-hydrogen) atoms. The predicted octanol–water partition coefficient (Wildman–Crippen LogP) is 1.87. The Labute approximate surface area is 151 Å². The van der Waals surface area contributed by atoms with E-state index in [1.807, 2.05) is 0 Å². The van der Waals surface area contributed by atoms with E-state index in [-0.39, 0.29) is 23.1 Å². The molecular weight excluding hydrogens is 336 g/mol. The van der Waals surface area contributed by atoms with Crippen molar-refractivity contribution in [2.45, 2.75) is 13.3 Å². The molecule has 136 valence electrons. The Kier molecular flexibility index (Phi) is 6.73. The van der Waals surface area contributed by atoms with Gasteiger partial charge in [-0.3, -0.25) is 14.4 Å². The highest BCUT2D eigenvalue weighted by Gasteiger charge is 2.10. The number of hydrogen-bond donors (Lipinski definition) is 3. The van der Waals surface area contributed by atoms with E-state index in [1.165, 1.54) is 25.1 Å². The first-order chi connectivity index (χ1) is 12.5. The third kappa shape index (κ3) is 5.62. The number of esters is 1. The van der Waals surface area contributed by atoms with E-state index in [4.69, 9.17) is 4.74 Å². The zero-order chi connectivity index (χ0) is 18.9. The highest BCUT2D eigenvalue weighted by atomic mass is 16.5. The molecule has 3 N–H and O–H groups in total. The third-order valence-electron chi connectivity index (χ3n) is 3.43. The van der Waals surface area contributed by atoms with Gasteiger partial charge in [0.15, 0.2) is 0 Å². The number of hydrogen-bond acceptors (Lipinski definition) is 5. The van der Waals surface area contributed by atoms with Gasteiger partial charge in [-0.2, -0.15) is 0 Å². The van der Waals surface area contributed by atoms with Crippen LogP contribution < -0.4 is 15.4 Å². The molecule has 2 aromatic carbocycles. The number of phenols is 1. The van der Waals surface area contributed by atoms with Gasteiger partial charge in [0.1, 0.15) is 11.5 Å². The summed E-state index contributed by atoms with van der Waals surface area (Å²) < 4.78 is 4.94. The van der Waals surface area contributed by atoms with Crippen molar-refractivity contribution in [3.05, 3.63) is 59.7 Å². The minimum atomic E-state index is -0.456. The first-order valence-corrected chi connectivity index (χ1v) is 8.10. The lowest BCUT2D eigenvalue weighted by Gasteiger charge is -2.08. The van der Waals surface area contributed by atoms with E-state index in [2.05, 4.69) is 10.6 Å². The van der Waals surface area contributed by atoms with Crippen molar-refractivity contribution in [1.82, 2.24) is 10.6 Å². The Morgan fingerprint density at radius 2 is 1.65 bits per heavy atom. The zero-order valence-corrected chi connectivity index (χ0v) is 14.3. The van der Waals surface area contributed by atoms with Crippen LogP contribution in [-0.4, -0.2) is 36.0 Å². The van der Waals surface area contributed by atoms with Gasteiger partial charge in [0.05, 0.1) is 5.56 Å². The second-order valence-corrected chi connectivity index (χ2v) is 5.50. The Bertz CT molecular complexity index is 804. The molecule has 0 bridgehead atoms. The van der Waals surface area contributed by atoms with Gasteiger partial charge >= 0.3 is 5.97 Å². The molecule has 0 spiro atoms. The van der Waals surface area contributed by atoms with Crippen LogP contribution >= 0.6 is 0 Å². The van der Waals surface area contributed by atoms with Gasteiger partial charge in [-0.25, -0.2) is 0 Å². The van der Waals surface area contributed by atoms with Crippen LogP contribution in [0.3, 0.4) is 0 Å². The fraction of sp³-hybridized carbons (Fsp3) is 0.211. The Balaban J connectivity index is 1.74. The number of phenolic OH excluding ortho intramolecular Hbond substituents is 1. The normalized spacial score (nSPS) is 10.0. The van der Waals surface area contributed by atoms with Crippen molar-refractivity contribution in [2.75, 3.05) is 13.1 Å². The lowest BCUT2D eigenvalue weighted by atomic mass is 10.2. The summed E-state index contributed by atoms with van der Waals surface area (Å²) in [6.07, 6.45) is 0.523. The predicted molar refractivity (Wildman–Crippen MR) is 95.1 cm³/mol. The van der Waals surface area contributed by atoms with Crippen LogP contribution in [-0.2, 0) is 4.79 Å². The molecule has 7 heteroatoms. The van der Waals surface area contributed by atoms with E-state index < -0.39 is 5.97 Å². The molecule has 0 saturated carbocycles. The average Bonchev–Trinajstić information content (AvgIpc) is 2.61. The van der Waals surface area contributed by atoms with Crippen LogP contribution in [0.4, 0.5) is 0 Å². The molecular formula is C19H20N2O5. The van der Waals surface area contributed by atoms with Crippen molar-refractivity contribution in [1.29, 1.82) is 0 Å². The fourth-order valence-corrected chi connectivity index (χ4v) is 2.22. The summed E-state index contributed by atoms with van der Waals surface area (Å²) in [6.45, 7) is 1.99. The standard InChI is InChI=1S/C19H20N2O5/c1-13(22)26-15-7-4-6-14(12-15)18(24)20-10-5-11-21-19(25)16-8-2-3-9-17(16)23/h2-4,6-9,12,23H,5,10-11H2,1H3,(H,20,24)(H,21,25). The highest BCUT2D eigenvalue weighted by Crippen LogP contribution is 2.15. The van der Waals surface area contributed by atoms with Crippen LogP contribution in [0.1, 0.15) is 34.1 Å². The summed E-state index contributed by atoms with van der Waals surface area (Å²) in [6, 6.07) is 12.6. The fourth-order valence-electron chi connectivity index (χ4n) is 2.22. The van der Waals surface area contributed by atoms with Crippen LogP contribution in [0.15, 0.2) is 48.5 Å². The molecule has 0 aliphatic carbocycles. The lowest BCUT2D eigenvalue weighted by molar-refractivity contribution is -0.131. The molecule has 0 heterocycles. The number of nitrogens with one attached hydrogen (secondary N) is 2. The van der Waals surface area contributed by atoms with E-state index in [9.17, 15) is 19.5 Å². The Morgan fingerprint density at radius 3 is 2.35 bits per heavy atom. The van der Waals surface area contributed by atoms with E-state index in [1.54, 1.807) is 30.3 Å². The van der Waals surface area contributed by atoms with E-state index in [0.29, 0.717) is 30.8 Å². The maximum absolute atomic E-state index is 12.1. The summed E-state index contributed by atoms with van der Waals surface area (Å²) in [4.78, 5) is 34.9. The largest absolute Gasteiger partial charge is 0.507 e. The maximum Gasteiger partial charge on any atom is 0.308 e. The van der Waals surface area contributed by atoms with Gasteiger partial charge in [-0.05, 0) is 36.8 Å². The topological polar surface area (TPSA) is 105 Å². The molecule has 0 fully saturated rings. The van der Waals surface area contributed by atoms with E-state index in [0.717, 1.165) is 0 Å². The van der Waals surface area contributed by atoms with Crippen LogP contribution in [0.25, 0.3) is 0 Å². The monoisotopic (exact) mass is 356 g/mol. The summed E-state index contributed by atoms with van der Waals surface area (Å²) in [5.41, 5.74) is 0.584. The van der Waals surface area contributed by atoms with E-state index >= 15 is 0 Å². The second-order valence-electron chi connectivity index (χ2n) is 5.50. The molecule has 0 aromatic heterocycles. The molecule has 0 aliphatic rings. The number of benzene rings is 2. The van der Waals surface area contributed by atoms with Gasteiger partial charge in [-0.1, -0.05) is 18.2 Å². The smallest absolute Gasteiger partial charge is 0.308 e. The first kappa shape index (κ1) is 19.0. The van der Waals surface area contributed by atoms with Crippen molar-refractivity contribution >= 4 is 17.8 Å². The SMILES string of the molecule is CC(=O)Oc1cccc(C(=O)NCCCNC(=O)c2ccccc2O)c1. The molecule has 0 saturated heterocycles. The Hall–Kier alpha value is -3.35. The molecule has 2 amide bonds. The second kappa shape index (κ2) is 9.22. The number of ether oxygens (including phenoxy) is 1. The molecule has 0 aliphatic heterocycles. The summed E-state index contributed by atoms with van der Waals surface area (Å²) in [7, 11) is 0. The molecule has 0 unspecified atom stereocenters. The van der Waals surface area contributed by atoms with Crippen LogP contribution in [0.5, 0.6) is 11.5 Å². The molecule has 0 atom stereocenters. The van der Waals surface area contributed by atoms with Gasteiger partial charge in [0.2, 0.25) is 0 Å². The summed E-state index contributed by atoms with van der Waals surface area (Å²) in [5.74, 6) is -0.900. The maximum atomic E-state index is 12.1. The minimum Gasteiger partial charge on any atom is -0.507 e. The summed E-state index contributed by atoms with van der Waals surface area (Å²) in [5, 5.41) is 15.0. The number of carbonyl (C=O) groups is 3. The first-order valence-electron chi connectivity index (χ1n) is 8.10. The van der Waals surface area contributed by atoms with Crippen molar-refractivity contribution in [3.8, 4) is 11.5 Å². The van der Waals surface area contributed by atoms with Gasteiger partial charge < -0.3 is 20.5 Å². The zero-order valence-electron chi connectivity index (χ0n) is 14.3. The van der Waals surface area contributed by atoms with Gasteiger partial charge in [-0.15, -0.1) is 0 Å². The number of carbonyl (C=O) groups excluding carboxylic acids is 3. The Morgan fingerprint density at radius 1 is 0.962 bits per heavy atom. The van der Waals surface area contributed by atoms with Crippen LogP contribution in [0, 0.1) is 0 Å². The third-order valence-corrected chi connectivity index (χ3v) is 3.43. The number of para-hydroxylation sites is 1. The van der Waals surface area contributed by atoms with Crippen LogP contribution in [0.2, 0.25) is 0 Å².